The molecule has 8 nitrogen and oxygen atoms in total. The van der Waals surface area contributed by atoms with E-state index in [9.17, 15) is 9.18 Å². The number of fused-ring (bicyclic) bond motifs is 1. The van der Waals surface area contributed by atoms with Crippen molar-refractivity contribution in [3.05, 3.63) is 48.2 Å². The zero-order valence-corrected chi connectivity index (χ0v) is 14.6. The summed E-state index contributed by atoms with van der Waals surface area (Å²) in [6, 6.07) is 5.67. The lowest BCUT2D eigenvalue weighted by Gasteiger charge is -2.08. The van der Waals surface area contributed by atoms with Gasteiger partial charge in [-0.15, -0.1) is 0 Å². The molecule has 1 aromatic carbocycles. The standard InChI is InChI=1S/C17H21FN6O2/c1-11(23-17(20)13(18)6-7-16(19)25)22-14-4-3-5-15-12(14)10-21-24(15)8-9-26-2/h3-7,10H,8-9,20H2,1-2H3,(H2,19,25)(H,22,23)/b7-6+,17-13+. The van der Waals surface area contributed by atoms with Gasteiger partial charge in [-0.1, -0.05) is 6.07 Å². The molecule has 0 bridgehead atoms. The fourth-order valence-electron chi connectivity index (χ4n) is 2.27. The minimum atomic E-state index is -0.851. The number of aromatic nitrogens is 2. The third-order valence-electron chi connectivity index (χ3n) is 3.44. The normalized spacial score (nSPS) is 13.3. The van der Waals surface area contributed by atoms with Crippen molar-refractivity contribution in [2.24, 2.45) is 16.5 Å². The number of nitrogens with two attached hydrogens (primary N) is 2. The Morgan fingerprint density at radius 3 is 2.88 bits per heavy atom. The Bertz CT molecular complexity index is 885. The number of primary amides is 1. The molecule has 1 heterocycles. The second kappa shape index (κ2) is 8.77. The van der Waals surface area contributed by atoms with Crippen molar-refractivity contribution < 1.29 is 13.9 Å². The summed E-state index contributed by atoms with van der Waals surface area (Å²) in [5.74, 6) is -1.61. The molecule has 0 aliphatic heterocycles. The topological polar surface area (TPSA) is 121 Å². The van der Waals surface area contributed by atoms with Crippen molar-refractivity contribution in [2.45, 2.75) is 13.5 Å². The molecule has 2 aromatic rings. The zero-order chi connectivity index (χ0) is 19.1. The number of benzene rings is 1. The molecule has 0 aliphatic rings. The van der Waals surface area contributed by atoms with E-state index in [-0.39, 0.29) is 5.82 Å². The van der Waals surface area contributed by atoms with Gasteiger partial charge in [0.1, 0.15) is 5.84 Å². The number of hydrogen-bond donors (Lipinski definition) is 3. The van der Waals surface area contributed by atoms with E-state index in [4.69, 9.17) is 16.2 Å². The van der Waals surface area contributed by atoms with Gasteiger partial charge in [-0.25, -0.2) is 9.38 Å². The molecule has 0 unspecified atom stereocenters. The minimum absolute atomic E-state index is 0.365. The quantitative estimate of drug-likeness (QED) is 0.300. The first-order chi connectivity index (χ1) is 12.4. The van der Waals surface area contributed by atoms with Crippen LogP contribution in [0.25, 0.3) is 10.9 Å². The van der Waals surface area contributed by atoms with Gasteiger partial charge < -0.3 is 21.5 Å². The van der Waals surface area contributed by atoms with E-state index in [1.165, 1.54) is 0 Å². The van der Waals surface area contributed by atoms with Gasteiger partial charge in [0.05, 0.1) is 30.6 Å². The van der Waals surface area contributed by atoms with Gasteiger partial charge in [0.25, 0.3) is 0 Å². The number of ether oxygens (including phenoxy) is 1. The Morgan fingerprint density at radius 1 is 1.42 bits per heavy atom. The van der Waals surface area contributed by atoms with Crippen LogP contribution in [-0.2, 0) is 16.1 Å². The Balaban J connectivity index is 2.23. The first kappa shape index (κ1) is 19.1. The van der Waals surface area contributed by atoms with Gasteiger partial charge in [0.15, 0.2) is 11.6 Å². The van der Waals surface area contributed by atoms with Gasteiger partial charge in [-0.3, -0.25) is 9.48 Å². The van der Waals surface area contributed by atoms with Gasteiger partial charge in [-0.05, 0) is 25.1 Å². The highest BCUT2D eigenvalue weighted by Crippen LogP contribution is 2.23. The first-order valence-corrected chi connectivity index (χ1v) is 7.81. The van der Waals surface area contributed by atoms with Crippen LogP contribution in [0, 0.1) is 0 Å². The number of amidine groups is 1. The number of carbonyl (C=O) groups excluding carboxylic acids is 1. The highest BCUT2D eigenvalue weighted by molar-refractivity contribution is 6.02. The van der Waals surface area contributed by atoms with E-state index >= 15 is 0 Å². The summed E-state index contributed by atoms with van der Waals surface area (Å²) in [5, 5.41) is 8.30. The fraction of sp³-hybridized carbons (Fsp3) is 0.235. The van der Waals surface area contributed by atoms with E-state index in [0.29, 0.717) is 19.0 Å². The summed E-state index contributed by atoms with van der Waals surface area (Å²) in [7, 11) is 1.63. The Hall–Kier alpha value is -3.20. The number of hydrogen-bond acceptors (Lipinski definition) is 5. The maximum absolute atomic E-state index is 13.7. The van der Waals surface area contributed by atoms with Crippen LogP contribution in [0.4, 0.5) is 10.1 Å². The maximum atomic E-state index is 13.7. The van der Waals surface area contributed by atoms with Crippen molar-refractivity contribution in [3.8, 4) is 0 Å². The largest absolute Gasteiger partial charge is 0.383 e. The number of amides is 1. The van der Waals surface area contributed by atoms with Gasteiger partial charge >= 0.3 is 0 Å². The molecule has 0 saturated heterocycles. The molecule has 0 saturated carbocycles. The molecule has 0 atom stereocenters. The van der Waals surface area contributed by atoms with Gasteiger partial charge in [0, 0.05) is 18.6 Å². The smallest absolute Gasteiger partial charge is 0.241 e. The van der Waals surface area contributed by atoms with Crippen molar-refractivity contribution in [2.75, 3.05) is 19.0 Å². The molecule has 0 fully saturated rings. The zero-order valence-electron chi connectivity index (χ0n) is 14.6. The lowest BCUT2D eigenvalue weighted by molar-refractivity contribution is -0.113. The molecule has 26 heavy (non-hydrogen) atoms. The average Bonchev–Trinajstić information content (AvgIpc) is 3.01. The highest BCUT2D eigenvalue weighted by atomic mass is 19.1. The lowest BCUT2D eigenvalue weighted by Crippen LogP contribution is -2.11. The van der Waals surface area contributed by atoms with E-state index in [2.05, 4.69) is 15.4 Å². The molecule has 1 amide bonds. The molecule has 0 spiro atoms. The number of allylic oxidation sites excluding steroid dienone is 2. The third-order valence-corrected chi connectivity index (χ3v) is 3.44. The first-order valence-electron chi connectivity index (χ1n) is 7.81. The van der Waals surface area contributed by atoms with Crippen LogP contribution in [0.15, 0.2) is 53.2 Å². The molecular formula is C17H21FN6O2. The monoisotopic (exact) mass is 360 g/mol. The summed E-state index contributed by atoms with van der Waals surface area (Å²) in [6.45, 7) is 2.82. The van der Waals surface area contributed by atoms with Gasteiger partial charge in [0.2, 0.25) is 5.91 Å². The average molecular weight is 360 g/mol. The molecule has 2 rings (SSSR count). The Labute approximate surface area is 150 Å². The van der Waals surface area contributed by atoms with Crippen LogP contribution in [0.5, 0.6) is 0 Å². The predicted molar refractivity (Wildman–Crippen MR) is 99.0 cm³/mol. The number of rotatable bonds is 7. The van der Waals surface area contributed by atoms with Crippen LogP contribution >= 0.6 is 0 Å². The van der Waals surface area contributed by atoms with Crippen LogP contribution in [0.1, 0.15) is 6.92 Å². The van der Waals surface area contributed by atoms with Crippen LogP contribution in [0.3, 0.4) is 0 Å². The summed E-state index contributed by atoms with van der Waals surface area (Å²) >= 11 is 0. The minimum Gasteiger partial charge on any atom is -0.383 e. The van der Waals surface area contributed by atoms with Crippen molar-refractivity contribution in [3.63, 3.8) is 0 Å². The molecule has 0 aliphatic carbocycles. The molecule has 1 aromatic heterocycles. The molecule has 0 radical (unpaired) electrons. The Kier molecular flexibility index (Phi) is 6.45. The van der Waals surface area contributed by atoms with Crippen molar-refractivity contribution in [1.82, 2.24) is 9.78 Å². The third kappa shape index (κ3) is 4.90. The number of nitrogens with one attached hydrogen (secondary N) is 1. The summed E-state index contributed by atoms with van der Waals surface area (Å²) in [6.07, 6.45) is 3.47. The maximum Gasteiger partial charge on any atom is 0.241 e. The second-order valence-corrected chi connectivity index (χ2v) is 5.39. The second-order valence-electron chi connectivity index (χ2n) is 5.39. The van der Waals surface area contributed by atoms with Crippen LogP contribution in [-0.4, -0.2) is 35.2 Å². The summed E-state index contributed by atoms with van der Waals surface area (Å²) < 4.78 is 20.6. The van der Waals surface area contributed by atoms with E-state index in [0.717, 1.165) is 28.7 Å². The van der Waals surface area contributed by atoms with Crippen molar-refractivity contribution >= 4 is 28.3 Å². The molecular weight excluding hydrogens is 339 g/mol. The molecule has 5 N–H and O–H groups in total. The lowest BCUT2D eigenvalue weighted by atomic mass is 10.2. The molecule has 138 valence electrons. The number of aliphatic imine (C=N–C) groups is 1. The Morgan fingerprint density at radius 2 is 2.19 bits per heavy atom. The van der Waals surface area contributed by atoms with Crippen LogP contribution < -0.4 is 16.8 Å². The predicted octanol–water partition coefficient (Wildman–Crippen LogP) is 1.65. The number of anilines is 1. The van der Waals surface area contributed by atoms with E-state index in [1.54, 1.807) is 20.2 Å². The summed E-state index contributed by atoms with van der Waals surface area (Å²) in [4.78, 5) is 14.6. The number of methoxy groups -OCH3 is 1. The van der Waals surface area contributed by atoms with E-state index in [1.807, 2.05) is 22.9 Å². The van der Waals surface area contributed by atoms with E-state index < -0.39 is 11.7 Å². The molecule has 9 heteroatoms. The fourth-order valence-corrected chi connectivity index (χ4v) is 2.27. The number of halogens is 1. The summed E-state index contributed by atoms with van der Waals surface area (Å²) in [5.41, 5.74) is 12.2. The van der Waals surface area contributed by atoms with Crippen molar-refractivity contribution in [1.29, 1.82) is 0 Å². The van der Waals surface area contributed by atoms with Gasteiger partial charge in [-0.2, -0.15) is 5.10 Å². The SMILES string of the molecule is COCCn1ncc2c(N/C(C)=N/C(N)=C(F)\C=C\C(N)=O)cccc21. The highest BCUT2D eigenvalue weighted by Gasteiger charge is 2.08. The van der Waals surface area contributed by atoms with Crippen LogP contribution in [0.2, 0.25) is 0 Å². The number of nitrogens with zero attached hydrogens (tertiary/aromatic N) is 3. The number of carbonyl (C=O) groups is 1.